The monoisotopic (exact) mass is 222 g/mol. The number of hydrogen-bond donors (Lipinski definition) is 1. The maximum atomic E-state index is 9.59. The van der Waals surface area contributed by atoms with E-state index >= 15 is 0 Å². The lowest BCUT2D eigenvalue weighted by molar-refractivity contribution is -0.137. The highest BCUT2D eigenvalue weighted by atomic mass is 16.5. The molecule has 0 bridgehead atoms. The fraction of sp³-hybridized carbons (Fsp3) is 0.900. The molecule has 0 spiro atoms. The van der Waals surface area contributed by atoms with Crippen molar-refractivity contribution in [2.24, 2.45) is 0 Å². The largest absolute Gasteiger partial charge is 0.469 e. The van der Waals surface area contributed by atoms with Gasteiger partial charge in [0.15, 0.2) is 0 Å². The predicted octanol–water partition coefficient (Wildman–Crippen LogP) is 0.598. The average molecular weight is 222 g/mol. The summed E-state index contributed by atoms with van der Waals surface area (Å²) >= 11 is 0. The zero-order valence-electron chi connectivity index (χ0n) is 10.1. The Labute approximate surface area is 91.3 Å². The smallest absolute Gasteiger partial charge is 0.302 e. The summed E-state index contributed by atoms with van der Waals surface area (Å²) in [7, 11) is 2.99. The van der Waals surface area contributed by atoms with E-state index in [9.17, 15) is 4.79 Å². The van der Waals surface area contributed by atoms with E-state index in [-0.39, 0.29) is 24.8 Å². The maximum absolute atomic E-state index is 9.59. The number of carbonyl (C=O) groups excluding carboxylic acids is 1. The minimum absolute atomic E-state index is 0.0659. The Hall–Kier alpha value is -0.650. The highest BCUT2D eigenvalue weighted by Gasteiger charge is 2.03. The van der Waals surface area contributed by atoms with Gasteiger partial charge in [0.05, 0.1) is 32.5 Å². The molecular weight excluding hydrogens is 200 g/mol. The van der Waals surface area contributed by atoms with Crippen LogP contribution in [0.4, 0.5) is 0 Å². The lowest BCUT2D eigenvalue weighted by Crippen LogP contribution is -2.21. The van der Waals surface area contributed by atoms with Crippen molar-refractivity contribution in [1.29, 1.82) is 0 Å². The normalized spacial score (nSPS) is 13.5. The van der Waals surface area contributed by atoms with Gasteiger partial charge in [0.25, 0.3) is 0 Å². The van der Waals surface area contributed by atoms with Crippen LogP contribution in [0.5, 0.6) is 0 Å². The molecule has 2 atom stereocenters. The molecule has 92 valence electrons. The molecule has 2 unspecified atom stereocenters. The van der Waals surface area contributed by atoms with E-state index in [1.165, 1.54) is 14.0 Å². The molecule has 0 saturated carbocycles. The number of aliphatic hydroxyl groups is 1. The SMILES string of the molecule is COC(C)=O.COC(C)COC(C)CO. The van der Waals surface area contributed by atoms with Gasteiger partial charge in [-0.3, -0.25) is 4.79 Å². The number of esters is 1. The average Bonchev–Trinajstić information content (AvgIpc) is 2.25. The van der Waals surface area contributed by atoms with Crippen LogP contribution in [0, 0.1) is 0 Å². The Bertz CT molecular complexity index is 139. The van der Waals surface area contributed by atoms with Gasteiger partial charge in [-0.2, -0.15) is 0 Å². The number of carbonyl (C=O) groups is 1. The minimum Gasteiger partial charge on any atom is -0.469 e. The van der Waals surface area contributed by atoms with Crippen molar-refractivity contribution in [2.45, 2.75) is 33.0 Å². The molecule has 0 aromatic heterocycles. The van der Waals surface area contributed by atoms with Gasteiger partial charge >= 0.3 is 5.97 Å². The lowest BCUT2D eigenvalue weighted by atomic mass is 10.4. The quantitative estimate of drug-likeness (QED) is 0.690. The molecule has 0 aliphatic carbocycles. The van der Waals surface area contributed by atoms with Gasteiger partial charge in [-0.1, -0.05) is 0 Å². The van der Waals surface area contributed by atoms with Gasteiger partial charge in [0, 0.05) is 14.0 Å². The van der Waals surface area contributed by atoms with Crippen molar-refractivity contribution in [3.8, 4) is 0 Å². The summed E-state index contributed by atoms with van der Waals surface area (Å²) in [5.41, 5.74) is 0. The summed E-state index contributed by atoms with van der Waals surface area (Å²) in [6.45, 7) is 5.71. The van der Waals surface area contributed by atoms with Crippen molar-refractivity contribution < 1.29 is 24.1 Å². The fourth-order valence-electron chi connectivity index (χ4n) is 0.421. The van der Waals surface area contributed by atoms with Crippen molar-refractivity contribution in [2.75, 3.05) is 27.4 Å². The molecular formula is C10H22O5. The van der Waals surface area contributed by atoms with Crippen molar-refractivity contribution in [1.82, 2.24) is 0 Å². The third-order valence-corrected chi connectivity index (χ3v) is 1.56. The van der Waals surface area contributed by atoms with Crippen LogP contribution in [-0.4, -0.2) is 50.7 Å². The standard InChI is InChI=1S/C7H16O3.C3H6O2/c1-6(4-8)10-5-7(2)9-3;1-3(4)5-2/h6-8H,4-5H2,1-3H3;1-2H3. The predicted molar refractivity (Wildman–Crippen MR) is 56.7 cm³/mol. The van der Waals surface area contributed by atoms with Gasteiger partial charge in [-0.25, -0.2) is 0 Å². The van der Waals surface area contributed by atoms with E-state index in [1.54, 1.807) is 7.11 Å². The molecule has 0 radical (unpaired) electrons. The Morgan fingerprint density at radius 2 is 1.73 bits per heavy atom. The summed E-state index contributed by atoms with van der Waals surface area (Å²) < 4.78 is 14.2. The lowest BCUT2D eigenvalue weighted by Gasteiger charge is -2.13. The zero-order chi connectivity index (χ0) is 12.3. The van der Waals surface area contributed by atoms with Crippen LogP contribution < -0.4 is 0 Å². The van der Waals surface area contributed by atoms with Gasteiger partial charge in [-0.05, 0) is 13.8 Å². The van der Waals surface area contributed by atoms with Crippen LogP contribution in [-0.2, 0) is 19.0 Å². The van der Waals surface area contributed by atoms with E-state index in [0.717, 1.165) is 0 Å². The number of rotatable bonds is 5. The number of hydrogen-bond acceptors (Lipinski definition) is 5. The van der Waals surface area contributed by atoms with E-state index in [0.29, 0.717) is 6.61 Å². The summed E-state index contributed by atoms with van der Waals surface area (Å²) in [5.74, 6) is -0.245. The maximum Gasteiger partial charge on any atom is 0.302 e. The summed E-state index contributed by atoms with van der Waals surface area (Å²) in [6.07, 6.45) is 0.0200. The Kier molecular flexibility index (Phi) is 12.8. The molecule has 0 aliphatic heterocycles. The van der Waals surface area contributed by atoms with E-state index in [4.69, 9.17) is 14.6 Å². The summed E-state index contributed by atoms with van der Waals surface area (Å²) in [6, 6.07) is 0. The van der Waals surface area contributed by atoms with Crippen LogP contribution >= 0.6 is 0 Å². The Morgan fingerprint density at radius 3 is 2.00 bits per heavy atom. The van der Waals surface area contributed by atoms with Crippen LogP contribution in [0.15, 0.2) is 0 Å². The highest BCUT2D eigenvalue weighted by molar-refractivity contribution is 5.65. The van der Waals surface area contributed by atoms with E-state index in [1.807, 2.05) is 13.8 Å². The van der Waals surface area contributed by atoms with Crippen LogP contribution in [0.25, 0.3) is 0 Å². The molecule has 0 amide bonds. The number of aliphatic hydroxyl groups excluding tert-OH is 1. The molecule has 0 heterocycles. The van der Waals surface area contributed by atoms with E-state index < -0.39 is 0 Å². The molecule has 5 nitrogen and oxygen atoms in total. The van der Waals surface area contributed by atoms with Gasteiger partial charge in [0.1, 0.15) is 0 Å². The zero-order valence-corrected chi connectivity index (χ0v) is 10.1. The molecule has 0 saturated heterocycles. The topological polar surface area (TPSA) is 65.0 Å². The second-order valence-electron chi connectivity index (χ2n) is 3.07. The summed E-state index contributed by atoms with van der Waals surface area (Å²) in [4.78, 5) is 9.59. The van der Waals surface area contributed by atoms with Crippen LogP contribution in [0.1, 0.15) is 20.8 Å². The first-order valence-corrected chi connectivity index (χ1v) is 4.77. The van der Waals surface area contributed by atoms with Gasteiger partial charge in [0.2, 0.25) is 0 Å². The first-order chi connectivity index (χ1) is 6.97. The molecule has 5 heteroatoms. The third-order valence-electron chi connectivity index (χ3n) is 1.56. The van der Waals surface area contributed by atoms with Gasteiger partial charge < -0.3 is 19.3 Å². The van der Waals surface area contributed by atoms with Crippen molar-refractivity contribution in [3.05, 3.63) is 0 Å². The van der Waals surface area contributed by atoms with Crippen LogP contribution in [0.2, 0.25) is 0 Å². The molecule has 0 rings (SSSR count). The van der Waals surface area contributed by atoms with Crippen molar-refractivity contribution >= 4 is 5.97 Å². The molecule has 0 aromatic carbocycles. The number of ether oxygens (including phenoxy) is 3. The van der Waals surface area contributed by atoms with Crippen molar-refractivity contribution in [3.63, 3.8) is 0 Å². The van der Waals surface area contributed by atoms with Gasteiger partial charge in [-0.15, -0.1) is 0 Å². The second-order valence-corrected chi connectivity index (χ2v) is 3.07. The van der Waals surface area contributed by atoms with Crippen LogP contribution in [0.3, 0.4) is 0 Å². The third kappa shape index (κ3) is 16.1. The fourth-order valence-corrected chi connectivity index (χ4v) is 0.421. The molecule has 0 aliphatic rings. The number of methoxy groups -OCH3 is 2. The molecule has 0 fully saturated rings. The molecule has 0 aromatic rings. The summed E-state index contributed by atoms with van der Waals surface area (Å²) in [5, 5.41) is 8.55. The Balaban J connectivity index is 0. The molecule has 15 heavy (non-hydrogen) atoms. The first-order valence-electron chi connectivity index (χ1n) is 4.77. The minimum atomic E-state index is -0.245. The highest BCUT2D eigenvalue weighted by Crippen LogP contribution is 1.93. The van der Waals surface area contributed by atoms with E-state index in [2.05, 4.69) is 4.74 Å². The Morgan fingerprint density at radius 1 is 1.27 bits per heavy atom. The second kappa shape index (κ2) is 11.4. The molecule has 1 N–H and O–H groups in total. The first kappa shape index (κ1) is 16.8.